The van der Waals surface area contributed by atoms with Crippen molar-refractivity contribution < 1.29 is 33.9 Å². The Balaban J connectivity index is 0.000000821. The lowest BCUT2D eigenvalue weighted by Gasteiger charge is -2.24. The third-order valence-electron chi connectivity index (χ3n) is 7.05. The monoisotopic (exact) mass is 600 g/mol. The van der Waals surface area contributed by atoms with Crippen molar-refractivity contribution in [1.82, 2.24) is 20.9 Å². The van der Waals surface area contributed by atoms with Crippen molar-refractivity contribution in [3.8, 4) is 0 Å². The number of rotatable bonds is 15. The van der Waals surface area contributed by atoms with Crippen LogP contribution in [0.4, 0.5) is 10.5 Å². The lowest BCUT2D eigenvalue weighted by atomic mass is 9.97. The molecule has 1 unspecified atom stereocenters. The van der Waals surface area contributed by atoms with Gasteiger partial charge in [-0.3, -0.25) is 28.9 Å². The highest BCUT2D eigenvalue weighted by Crippen LogP contribution is 2.28. The molecule has 1 aromatic carbocycles. The van der Waals surface area contributed by atoms with Gasteiger partial charge in [0.2, 0.25) is 17.7 Å². The SMILES string of the molecule is CCCNC(N)=O.O=C(CNC(=O)C(NC(=O)CCCCCN1C(=O)C=CC1=O)C1CCCC1)Nc1ccc(CO)cc1. The zero-order chi connectivity index (χ0) is 31.6. The van der Waals surface area contributed by atoms with Crippen molar-refractivity contribution in [3.05, 3.63) is 42.0 Å². The second kappa shape index (κ2) is 19.0. The molecule has 0 radical (unpaired) electrons. The summed E-state index contributed by atoms with van der Waals surface area (Å²) < 4.78 is 0. The number of primary amides is 1. The number of carbonyl (C=O) groups is 6. The molecule has 1 saturated carbocycles. The summed E-state index contributed by atoms with van der Waals surface area (Å²) in [6.45, 7) is 2.66. The maximum atomic E-state index is 12.9. The molecule has 2 aliphatic rings. The van der Waals surface area contributed by atoms with E-state index in [1.165, 1.54) is 17.1 Å². The van der Waals surface area contributed by atoms with E-state index in [0.29, 0.717) is 38.0 Å². The Labute approximate surface area is 252 Å². The Morgan fingerprint density at radius 1 is 0.953 bits per heavy atom. The number of anilines is 1. The molecule has 43 heavy (non-hydrogen) atoms. The molecule has 0 bridgehead atoms. The van der Waals surface area contributed by atoms with E-state index >= 15 is 0 Å². The summed E-state index contributed by atoms with van der Waals surface area (Å²) >= 11 is 0. The Kier molecular flexibility index (Phi) is 15.5. The predicted octanol–water partition coefficient (Wildman–Crippen LogP) is 1.46. The number of amides is 7. The first-order valence-corrected chi connectivity index (χ1v) is 14.8. The van der Waals surface area contributed by atoms with Gasteiger partial charge in [-0.15, -0.1) is 0 Å². The molecule has 0 saturated heterocycles. The van der Waals surface area contributed by atoms with Crippen molar-refractivity contribution in [1.29, 1.82) is 0 Å². The van der Waals surface area contributed by atoms with Crippen LogP contribution in [0.3, 0.4) is 0 Å². The molecule has 1 fully saturated rings. The van der Waals surface area contributed by atoms with Gasteiger partial charge in [0.05, 0.1) is 13.2 Å². The number of imide groups is 1. The largest absolute Gasteiger partial charge is 0.392 e. The number of nitrogens with one attached hydrogen (secondary N) is 4. The molecular formula is C30H44N6O7. The third kappa shape index (κ3) is 13.1. The van der Waals surface area contributed by atoms with Gasteiger partial charge in [0.15, 0.2) is 0 Å². The number of aliphatic hydroxyl groups excluding tert-OH is 1. The van der Waals surface area contributed by atoms with Gasteiger partial charge in [-0.1, -0.05) is 38.3 Å². The number of hydrogen-bond donors (Lipinski definition) is 6. The van der Waals surface area contributed by atoms with Crippen molar-refractivity contribution in [2.24, 2.45) is 11.7 Å². The first kappa shape index (κ1) is 34.9. The minimum absolute atomic E-state index is 0.0303. The van der Waals surface area contributed by atoms with Gasteiger partial charge < -0.3 is 32.1 Å². The Bertz CT molecular complexity index is 1110. The van der Waals surface area contributed by atoms with Crippen LogP contribution in [0.2, 0.25) is 0 Å². The quantitative estimate of drug-likeness (QED) is 0.129. The molecule has 7 amide bonds. The first-order valence-electron chi connectivity index (χ1n) is 14.8. The van der Waals surface area contributed by atoms with Gasteiger partial charge in [0, 0.05) is 37.3 Å². The zero-order valence-electron chi connectivity index (χ0n) is 24.7. The molecule has 1 atom stereocenters. The summed E-state index contributed by atoms with van der Waals surface area (Å²) in [5.41, 5.74) is 6.01. The van der Waals surface area contributed by atoms with Crippen molar-refractivity contribution in [3.63, 3.8) is 0 Å². The van der Waals surface area contributed by atoms with E-state index in [4.69, 9.17) is 10.8 Å². The summed E-state index contributed by atoms with van der Waals surface area (Å²) in [6.07, 6.45) is 9.21. The highest BCUT2D eigenvalue weighted by molar-refractivity contribution is 6.12. The Morgan fingerprint density at radius 3 is 2.16 bits per heavy atom. The second-order valence-electron chi connectivity index (χ2n) is 10.5. The van der Waals surface area contributed by atoms with E-state index in [9.17, 15) is 28.8 Å². The van der Waals surface area contributed by atoms with Crippen LogP contribution in [-0.4, -0.2) is 71.2 Å². The average Bonchev–Trinajstić information content (AvgIpc) is 3.64. The lowest BCUT2D eigenvalue weighted by molar-refractivity contribution is -0.137. The van der Waals surface area contributed by atoms with Gasteiger partial charge in [-0.25, -0.2) is 4.79 Å². The van der Waals surface area contributed by atoms with Gasteiger partial charge in [0.25, 0.3) is 11.8 Å². The van der Waals surface area contributed by atoms with Crippen LogP contribution < -0.4 is 27.0 Å². The molecule has 236 valence electrons. The van der Waals surface area contributed by atoms with Gasteiger partial charge in [-0.2, -0.15) is 0 Å². The summed E-state index contributed by atoms with van der Waals surface area (Å²) in [4.78, 5) is 71.9. The Hall–Kier alpha value is -4.26. The highest BCUT2D eigenvalue weighted by atomic mass is 16.3. The minimum atomic E-state index is -0.692. The van der Waals surface area contributed by atoms with E-state index in [1.807, 2.05) is 6.92 Å². The number of carbonyl (C=O) groups excluding carboxylic acids is 6. The number of aliphatic hydroxyl groups is 1. The van der Waals surface area contributed by atoms with Crippen LogP contribution in [0.25, 0.3) is 0 Å². The van der Waals surface area contributed by atoms with Gasteiger partial charge in [-0.05, 0) is 55.7 Å². The molecule has 13 nitrogen and oxygen atoms in total. The van der Waals surface area contributed by atoms with E-state index in [1.54, 1.807) is 24.3 Å². The maximum absolute atomic E-state index is 12.9. The van der Waals surface area contributed by atoms with Crippen molar-refractivity contribution >= 4 is 41.3 Å². The molecule has 3 rings (SSSR count). The smallest absolute Gasteiger partial charge is 0.312 e. The van der Waals surface area contributed by atoms with Gasteiger partial charge in [0.1, 0.15) is 6.04 Å². The molecule has 1 aliphatic carbocycles. The number of nitrogens with zero attached hydrogens (tertiary/aromatic N) is 1. The van der Waals surface area contributed by atoms with Crippen LogP contribution >= 0.6 is 0 Å². The predicted molar refractivity (Wildman–Crippen MR) is 160 cm³/mol. The normalized spacial score (nSPS) is 15.0. The van der Waals surface area contributed by atoms with Crippen LogP contribution in [0.1, 0.15) is 70.3 Å². The molecule has 1 aromatic rings. The number of urea groups is 1. The van der Waals surface area contributed by atoms with Crippen molar-refractivity contribution in [2.45, 2.75) is 77.4 Å². The molecule has 1 aliphatic heterocycles. The summed E-state index contributed by atoms with van der Waals surface area (Å²) in [6, 6.07) is 5.60. The zero-order valence-corrected chi connectivity index (χ0v) is 24.7. The first-order chi connectivity index (χ1) is 20.6. The minimum Gasteiger partial charge on any atom is -0.392 e. The molecule has 0 aromatic heterocycles. The van der Waals surface area contributed by atoms with E-state index in [0.717, 1.165) is 37.7 Å². The summed E-state index contributed by atoms with van der Waals surface area (Å²) in [5, 5.41) is 19.7. The Morgan fingerprint density at radius 2 is 1.60 bits per heavy atom. The van der Waals surface area contributed by atoms with Gasteiger partial charge >= 0.3 is 6.03 Å². The van der Waals surface area contributed by atoms with Crippen LogP contribution in [-0.2, 0) is 30.6 Å². The number of benzene rings is 1. The molecule has 13 heteroatoms. The fourth-order valence-corrected chi connectivity index (χ4v) is 4.74. The second-order valence-corrected chi connectivity index (χ2v) is 10.5. The van der Waals surface area contributed by atoms with E-state index < -0.39 is 12.1 Å². The summed E-state index contributed by atoms with van der Waals surface area (Å²) in [5.74, 6) is -1.58. The van der Waals surface area contributed by atoms with Crippen molar-refractivity contribution in [2.75, 3.05) is 25.0 Å². The topological polar surface area (TPSA) is 200 Å². The third-order valence-corrected chi connectivity index (χ3v) is 7.05. The fourth-order valence-electron chi connectivity index (χ4n) is 4.74. The van der Waals surface area contributed by atoms with E-state index in [2.05, 4.69) is 21.3 Å². The van der Waals surface area contributed by atoms with Crippen LogP contribution in [0, 0.1) is 5.92 Å². The maximum Gasteiger partial charge on any atom is 0.312 e. The number of nitrogens with two attached hydrogens (primary N) is 1. The molecule has 7 N–H and O–H groups in total. The number of unbranched alkanes of at least 4 members (excludes halogenated alkanes) is 2. The number of hydrogen-bond acceptors (Lipinski definition) is 7. The highest BCUT2D eigenvalue weighted by Gasteiger charge is 2.32. The molecule has 0 spiro atoms. The summed E-state index contributed by atoms with van der Waals surface area (Å²) in [7, 11) is 0. The van der Waals surface area contributed by atoms with Crippen LogP contribution in [0.5, 0.6) is 0 Å². The standard InChI is InChI=1S/C26H34N4O6.C4H10N2O/c31-17-18-9-11-20(12-10-18)28-22(33)16-27-26(36)25(19-6-3-4-7-19)29-21(32)8-2-1-5-15-30-23(34)13-14-24(30)35;1-2-3-6-4(5)7/h9-14,19,25,31H,1-8,15-17H2,(H,27,36)(H,28,33)(H,29,32);2-3H2,1H3,(H3,5,6,7). The fraction of sp³-hybridized carbons (Fsp3) is 0.533. The molecular weight excluding hydrogens is 556 g/mol. The lowest BCUT2D eigenvalue weighted by Crippen LogP contribution is -2.51. The van der Waals surface area contributed by atoms with E-state index in [-0.39, 0.29) is 55.0 Å². The average molecular weight is 601 g/mol. The molecule has 1 heterocycles. The van der Waals surface area contributed by atoms with Crippen LogP contribution in [0.15, 0.2) is 36.4 Å².